The van der Waals surface area contributed by atoms with Crippen molar-refractivity contribution in [2.75, 3.05) is 18.5 Å². The second kappa shape index (κ2) is 11.5. The highest BCUT2D eigenvalue weighted by molar-refractivity contribution is 9.10. The minimum atomic E-state index is -0.997. The van der Waals surface area contributed by atoms with Gasteiger partial charge in [0.1, 0.15) is 23.3 Å². The monoisotopic (exact) mass is 611 g/mol. The van der Waals surface area contributed by atoms with Crippen LogP contribution in [0.1, 0.15) is 29.8 Å². The Hall–Kier alpha value is -3.76. The lowest BCUT2D eigenvalue weighted by atomic mass is 10.1. The summed E-state index contributed by atoms with van der Waals surface area (Å²) in [5.41, 5.74) is 1.98. The molecule has 2 heterocycles. The second-order valence-electron chi connectivity index (χ2n) is 9.14. The second-order valence-corrected chi connectivity index (χ2v) is 10.5. The number of anilines is 1. The average Bonchev–Trinajstić information content (AvgIpc) is 3.56. The van der Waals surface area contributed by atoms with Crippen molar-refractivity contribution < 1.29 is 18.7 Å². The lowest BCUT2D eigenvalue weighted by Gasteiger charge is -2.24. The molecule has 1 fully saturated rings. The molecule has 2 atom stereocenters. The number of benzene rings is 3. The SMILES string of the molecule is CN(Cc1cn(C2CCN(c3ccc(Br)cc3)C2=O)nn1)C(=O)C(Oc1ccc(F)c(Cl)c1)c1ccccc1. The summed E-state index contributed by atoms with van der Waals surface area (Å²) in [7, 11) is 1.63. The Morgan fingerprint density at radius 3 is 2.64 bits per heavy atom. The maximum atomic E-state index is 13.6. The van der Waals surface area contributed by atoms with Crippen LogP contribution in [0.3, 0.4) is 0 Å². The number of amides is 2. The predicted octanol–water partition coefficient (Wildman–Crippen LogP) is 5.59. The van der Waals surface area contributed by atoms with Gasteiger partial charge in [-0.2, -0.15) is 0 Å². The first-order valence-electron chi connectivity index (χ1n) is 12.2. The third-order valence-corrected chi connectivity index (χ3v) is 7.26. The first kappa shape index (κ1) is 26.8. The number of hydrogen-bond donors (Lipinski definition) is 0. The van der Waals surface area contributed by atoms with E-state index in [2.05, 4.69) is 26.2 Å². The van der Waals surface area contributed by atoms with Crippen LogP contribution in [0.5, 0.6) is 5.75 Å². The summed E-state index contributed by atoms with van der Waals surface area (Å²) in [4.78, 5) is 29.8. The third kappa shape index (κ3) is 5.97. The van der Waals surface area contributed by atoms with Crippen LogP contribution >= 0.6 is 27.5 Å². The number of ether oxygens (including phenoxy) is 1. The molecule has 5 rings (SSSR count). The smallest absolute Gasteiger partial charge is 0.268 e. The van der Waals surface area contributed by atoms with Gasteiger partial charge in [-0.25, -0.2) is 9.07 Å². The van der Waals surface area contributed by atoms with Gasteiger partial charge >= 0.3 is 0 Å². The zero-order chi connectivity index (χ0) is 27.5. The van der Waals surface area contributed by atoms with Crippen LogP contribution in [-0.4, -0.2) is 45.3 Å². The van der Waals surface area contributed by atoms with E-state index in [1.54, 1.807) is 47.1 Å². The summed E-state index contributed by atoms with van der Waals surface area (Å²) in [5, 5.41) is 8.29. The Balaban J connectivity index is 1.29. The largest absolute Gasteiger partial charge is 0.476 e. The molecule has 0 spiro atoms. The average molecular weight is 613 g/mol. The number of carbonyl (C=O) groups is 2. The van der Waals surface area contributed by atoms with E-state index in [1.807, 2.05) is 30.3 Å². The normalized spacial score (nSPS) is 15.8. The number of nitrogens with zero attached hydrogens (tertiary/aromatic N) is 5. The Labute approximate surface area is 238 Å². The minimum absolute atomic E-state index is 0.0614. The highest BCUT2D eigenvalue weighted by atomic mass is 79.9. The van der Waals surface area contributed by atoms with Crippen LogP contribution in [-0.2, 0) is 16.1 Å². The van der Waals surface area contributed by atoms with Gasteiger partial charge in [0.15, 0.2) is 0 Å². The van der Waals surface area contributed by atoms with Crippen molar-refractivity contribution in [3.05, 3.63) is 106 Å². The maximum Gasteiger partial charge on any atom is 0.268 e. The van der Waals surface area contributed by atoms with Gasteiger partial charge in [0.25, 0.3) is 11.8 Å². The van der Waals surface area contributed by atoms with Crippen molar-refractivity contribution in [3.63, 3.8) is 0 Å². The molecule has 1 aliphatic heterocycles. The van der Waals surface area contributed by atoms with Gasteiger partial charge in [0.2, 0.25) is 6.10 Å². The molecule has 0 aliphatic carbocycles. The molecule has 0 radical (unpaired) electrons. The third-order valence-electron chi connectivity index (χ3n) is 6.44. The summed E-state index contributed by atoms with van der Waals surface area (Å²) >= 11 is 9.33. The van der Waals surface area contributed by atoms with Gasteiger partial charge in [-0.3, -0.25) is 9.59 Å². The zero-order valence-corrected chi connectivity index (χ0v) is 23.2. The molecule has 0 saturated carbocycles. The standard InChI is InChI=1S/C28H24BrClFN5O3/c1-34(28(38)26(18-5-3-2-4-6-18)39-22-11-12-24(31)23(30)15-22)16-20-17-36(33-32-20)25-13-14-35(27(25)37)21-9-7-19(29)8-10-21/h2-12,15,17,25-26H,13-14,16H2,1H3. The first-order chi connectivity index (χ1) is 18.8. The fraction of sp³-hybridized carbons (Fsp3) is 0.214. The van der Waals surface area contributed by atoms with Gasteiger partial charge in [-0.05, 0) is 42.8 Å². The van der Waals surface area contributed by atoms with Gasteiger partial charge in [-0.15, -0.1) is 5.10 Å². The summed E-state index contributed by atoms with van der Waals surface area (Å²) in [5.74, 6) is -0.714. The van der Waals surface area contributed by atoms with E-state index in [-0.39, 0.29) is 29.1 Å². The van der Waals surface area contributed by atoms with Crippen LogP contribution in [0.4, 0.5) is 10.1 Å². The maximum absolute atomic E-state index is 13.6. The Bertz CT molecular complexity index is 1480. The summed E-state index contributed by atoms with van der Waals surface area (Å²) in [6.45, 7) is 0.718. The number of hydrogen-bond acceptors (Lipinski definition) is 5. The highest BCUT2D eigenvalue weighted by Crippen LogP contribution is 2.30. The quantitative estimate of drug-likeness (QED) is 0.259. The number of halogens is 3. The molecule has 11 heteroatoms. The molecule has 2 amide bonds. The Kier molecular flexibility index (Phi) is 7.94. The van der Waals surface area contributed by atoms with E-state index in [0.717, 1.165) is 10.2 Å². The number of rotatable bonds is 8. The molecule has 3 aromatic carbocycles. The number of aromatic nitrogens is 3. The van der Waals surface area contributed by atoms with Crippen LogP contribution in [0.15, 0.2) is 83.5 Å². The van der Waals surface area contributed by atoms with Gasteiger partial charge < -0.3 is 14.5 Å². The Morgan fingerprint density at radius 1 is 1.18 bits per heavy atom. The number of carbonyl (C=O) groups excluding carboxylic acids is 2. The zero-order valence-electron chi connectivity index (χ0n) is 20.9. The van der Waals surface area contributed by atoms with Crippen molar-refractivity contribution in [2.45, 2.75) is 25.1 Å². The molecular weight excluding hydrogens is 589 g/mol. The molecular formula is C28H24BrClFN5O3. The molecule has 200 valence electrons. The van der Waals surface area contributed by atoms with E-state index in [0.29, 0.717) is 24.2 Å². The van der Waals surface area contributed by atoms with E-state index in [4.69, 9.17) is 16.3 Å². The topological polar surface area (TPSA) is 80.6 Å². The van der Waals surface area contributed by atoms with Crippen molar-refractivity contribution in [1.29, 1.82) is 0 Å². The van der Waals surface area contributed by atoms with Crippen molar-refractivity contribution >= 4 is 45.0 Å². The van der Waals surface area contributed by atoms with Crippen LogP contribution in [0, 0.1) is 5.82 Å². The lowest BCUT2D eigenvalue weighted by Crippen LogP contribution is -2.34. The summed E-state index contributed by atoms with van der Waals surface area (Å²) in [6.07, 6.45) is 1.29. The van der Waals surface area contributed by atoms with Crippen LogP contribution in [0.25, 0.3) is 0 Å². The summed E-state index contributed by atoms with van der Waals surface area (Å²) < 4.78 is 22.1. The number of likely N-dealkylation sites (N-methyl/N-ethyl adjacent to an activating group) is 1. The fourth-order valence-electron chi connectivity index (χ4n) is 4.42. The van der Waals surface area contributed by atoms with Crippen molar-refractivity contribution in [2.24, 2.45) is 0 Å². The van der Waals surface area contributed by atoms with Crippen LogP contribution in [0.2, 0.25) is 5.02 Å². The van der Waals surface area contributed by atoms with Crippen molar-refractivity contribution in [1.82, 2.24) is 19.9 Å². The fourth-order valence-corrected chi connectivity index (χ4v) is 4.86. The first-order valence-corrected chi connectivity index (χ1v) is 13.4. The van der Waals surface area contributed by atoms with Crippen LogP contribution < -0.4 is 9.64 Å². The molecule has 4 aromatic rings. The van der Waals surface area contributed by atoms with E-state index < -0.39 is 18.0 Å². The molecule has 0 N–H and O–H groups in total. The lowest BCUT2D eigenvalue weighted by molar-refractivity contribution is -0.138. The molecule has 1 aromatic heterocycles. The van der Waals surface area contributed by atoms with E-state index in [9.17, 15) is 14.0 Å². The molecule has 39 heavy (non-hydrogen) atoms. The predicted molar refractivity (Wildman–Crippen MR) is 148 cm³/mol. The molecule has 1 saturated heterocycles. The van der Waals surface area contributed by atoms with Crippen molar-refractivity contribution in [3.8, 4) is 5.75 Å². The Morgan fingerprint density at radius 2 is 1.92 bits per heavy atom. The van der Waals surface area contributed by atoms with E-state index >= 15 is 0 Å². The molecule has 0 bridgehead atoms. The summed E-state index contributed by atoms with van der Waals surface area (Å²) in [6, 6.07) is 20.1. The van der Waals surface area contributed by atoms with Gasteiger partial charge in [-0.1, -0.05) is 63.1 Å². The van der Waals surface area contributed by atoms with Gasteiger partial charge in [0, 0.05) is 35.4 Å². The molecule has 1 aliphatic rings. The minimum Gasteiger partial charge on any atom is -0.476 e. The van der Waals surface area contributed by atoms with E-state index in [1.165, 1.54) is 23.1 Å². The molecule has 2 unspecified atom stereocenters. The van der Waals surface area contributed by atoms with Gasteiger partial charge in [0.05, 0.1) is 17.8 Å². The highest BCUT2D eigenvalue weighted by Gasteiger charge is 2.35. The molecule has 8 nitrogen and oxygen atoms in total.